The van der Waals surface area contributed by atoms with E-state index in [0.29, 0.717) is 44.8 Å². The number of benzene rings is 2. The van der Waals surface area contributed by atoms with Gasteiger partial charge >= 0.3 is 0 Å². The summed E-state index contributed by atoms with van der Waals surface area (Å²) in [5, 5.41) is 12.9. The Hall–Kier alpha value is -3.82. The van der Waals surface area contributed by atoms with Gasteiger partial charge in [-0.15, -0.1) is 11.3 Å². The molecule has 0 aliphatic rings. The summed E-state index contributed by atoms with van der Waals surface area (Å²) in [6.45, 7) is 6.23. The van der Waals surface area contributed by atoms with Gasteiger partial charge in [-0.3, -0.25) is 19.7 Å². The minimum atomic E-state index is -0.469. The predicted octanol–water partition coefficient (Wildman–Crippen LogP) is 5.46. The number of nitrogens with zero attached hydrogens (tertiary/aromatic N) is 3. The number of nitro groups is 1. The van der Waals surface area contributed by atoms with Crippen LogP contribution in [0.1, 0.15) is 34.9 Å². The number of carbonyl (C=O) groups is 2. The SMILES string of the molecule is CCOCCCN(CC(=O)N(Cc1ccccc1)Cc1sccc1C)C(=O)C=Cc1ccc([N+](=O)[O-])cc1. The van der Waals surface area contributed by atoms with Crippen LogP contribution in [0.3, 0.4) is 0 Å². The van der Waals surface area contributed by atoms with Gasteiger partial charge in [0.05, 0.1) is 11.5 Å². The Morgan fingerprint density at radius 2 is 1.76 bits per heavy atom. The van der Waals surface area contributed by atoms with Crippen LogP contribution in [-0.2, 0) is 27.4 Å². The van der Waals surface area contributed by atoms with Crippen LogP contribution in [0.25, 0.3) is 6.08 Å². The first-order valence-electron chi connectivity index (χ1n) is 12.5. The molecule has 0 atom stereocenters. The standard InChI is InChI=1S/C29H33N3O5S/c1-3-37-18-7-17-30(28(33)15-12-24-10-13-26(14-11-24)32(35)36)22-29(34)31(20-25-8-5-4-6-9-25)21-27-23(2)16-19-38-27/h4-6,8-16,19H,3,7,17-18,20-22H2,1-2H3. The topological polar surface area (TPSA) is 93.0 Å². The first kappa shape index (κ1) is 28.7. The van der Waals surface area contributed by atoms with E-state index in [1.807, 2.05) is 55.6 Å². The van der Waals surface area contributed by atoms with Crippen LogP contribution < -0.4 is 0 Å². The maximum Gasteiger partial charge on any atom is 0.269 e. The van der Waals surface area contributed by atoms with Crippen LogP contribution in [0.2, 0.25) is 0 Å². The van der Waals surface area contributed by atoms with Gasteiger partial charge in [0.15, 0.2) is 0 Å². The Morgan fingerprint density at radius 1 is 1.03 bits per heavy atom. The summed E-state index contributed by atoms with van der Waals surface area (Å²) in [6, 6.07) is 17.8. The van der Waals surface area contributed by atoms with Crippen LogP contribution >= 0.6 is 11.3 Å². The van der Waals surface area contributed by atoms with E-state index in [9.17, 15) is 19.7 Å². The van der Waals surface area contributed by atoms with E-state index in [2.05, 4.69) is 0 Å². The van der Waals surface area contributed by atoms with Gasteiger partial charge in [-0.2, -0.15) is 0 Å². The number of hydrogen-bond acceptors (Lipinski definition) is 6. The quantitative estimate of drug-likeness (QED) is 0.118. The monoisotopic (exact) mass is 535 g/mol. The summed E-state index contributed by atoms with van der Waals surface area (Å²) in [5.74, 6) is -0.449. The second-order valence-corrected chi connectivity index (χ2v) is 9.76. The highest BCUT2D eigenvalue weighted by Gasteiger charge is 2.21. The molecule has 0 saturated carbocycles. The van der Waals surface area contributed by atoms with Crippen LogP contribution in [0.5, 0.6) is 0 Å². The largest absolute Gasteiger partial charge is 0.382 e. The lowest BCUT2D eigenvalue weighted by Crippen LogP contribution is -2.42. The van der Waals surface area contributed by atoms with Gasteiger partial charge in [-0.05, 0) is 66.6 Å². The fourth-order valence-electron chi connectivity index (χ4n) is 3.79. The second-order valence-electron chi connectivity index (χ2n) is 8.75. The van der Waals surface area contributed by atoms with Gasteiger partial charge in [0.2, 0.25) is 11.8 Å². The molecule has 0 aliphatic carbocycles. The zero-order chi connectivity index (χ0) is 27.3. The van der Waals surface area contributed by atoms with Gasteiger partial charge in [-0.1, -0.05) is 30.3 Å². The number of thiophene rings is 1. The van der Waals surface area contributed by atoms with Gasteiger partial charge in [0.1, 0.15) is 6.54 Å². The maximum absolute atomic E-state index is 13.6. The van der Waals surface area contributed by atoms with Crippen molar-refractivity contribution in [2.45, 2.75) is 33.4 Å². The highest BCUT2D eigenvalue weighted by Crippen LogP contribution is 2.20. The lowest BCUT2D eigenvalue weighted by atomic mass is 10.2. The third-order valence-corrected chi connectivity index (χ3v) is 6.96. The number of amides is 2. The summed E-state index contributed by atoms with van der Waals surface area (Å²) in [7, 11) is 0. The second kappa shape index (κ2) is 14.8. The molecule has 0 saturated heterocycles. The minimum Gasteiger partial charge on any atom is -0.382 e. The normalized spacial score (nSPS) is 11.0. The lowest BCUT2D eigenvalue weighted by Gasteiger charge is -2.27. The van der Waals surface area contributed by atoms with Crippen molar-refractivity contribution in [3.05, 3.63) is 104 Å². The van der Waals surface area contributed by atoms with Crippen molar-refractivity contribution < 1.29 is 19.2 Å². The molecule has 2 aromatic carbocycles. The van der Waals surface area contributed by atoms with Crippen LogP contribution in [-0.4, -0.2) is 52.8 Å². The average molecular weight is 536 g/mol. The molecule has 0 spiro atoms. The first-order chi connectivity index (χ1) is 18.4. The number of carbonyl (C=O) groups excluding carboxylic acids is 2. The first-order valence-corrected chi connectivity index (χ1v) is 13.4. The molecular weight excluding hydrogens is 502 g/mol. The Balaban J connectivity index is 1.76. The van der Waals surface area contributed by atoms with Crippen LogP contribution in [0.15, 0.2) is 72.1 Å². The van der Waals surface area contributed by atoms with E-state index in [1.165, 1.54) is 23.1 Å². The molecule has 9 heteroatoms. The summed E-state index contributed by atoms with van der Waals surface area (Å²) in [5.41, 5.74) is 2.79. The Morgan fingerprint density at radius 3 is 2.39 bits per heavy atom. The van der Waals surface area contributed by atoms with Crippen molar-refractivity contribution in [1.82, 2.24) is 9.80 Å². The fraction of sp³-hybridized carbons (Fsp3) is 0.310. The fourth-order valence-corrected chi connectivity index (χ4v) is 4.71. The maximum atomic E-state index is 13.6. The third kappa shape index (κ3) is 8.93. The molecule has 1 heterocycles. The van der Waals surface area contributed by atoms with E-state index >= 15 is 0 Å². The Bertz CT molecular complexity index is 1220. The minimum absolute atomic E-state index is 0.0175. The number of rotatable bonds is 14. The molecule has 38 heavy (non-hydrogen) atoms. The molecule has 1 aromatic heterocycles. The van der Waals surface area contributed by atoms with Crippen LogP contribution in [0.4, 0.5) is 5.69 Å². The highest BCUT2D eigenvalue weighted by molar-refractivity contribution is 7.10. The molecule has 0 aliphatic heterocycles. The molecule has 2 amide bonds. The van der Waals surface area contributed by atoms with Gasteiger partial charge in [-0.25, -0.2) is 0 Å². The molecule has 0 radical (unpaired) electrons. The summed E-state index contributed by atoms with van der Waals surface area (Å²) in [4.78, 5) is 41.6. The molecule has 3 rings (SSSR count). The van der Waals surface area contributed by atoms with Crippen molar-refractivity contribution in [2.24, 2.45) is 0 Å². The molecule has 200 valence electrons. The smallest absolute Gasteiger partial charge is 0.269 e. The molecule has 8 nitrogen and oxygen atoms in total. The van der Waals surface area contributed by atoms with Crippen molar-refractivity contribution in [3.63, 3.8) is 0 Å². The average Bonchev–Trinajstić information content (AvgIpc) is 3.33. The van der Waals surface area contributed by atoms with E-state index in [4.69, 9.17) is 4.74 Å². The molecule has 0 unspecified atom stereocenters. The summed E-state index contributed by atoms with van der Waals surface area (Å²) >= 11 is 1.61. The summed E-state index contributed by atoms with van der Waals surface area (Å²) in [6.07, 6.45) is 3.60. The van der Waals surface area contributed by atoms with E-state index in [1.54, 1.807) is 34.4 Å². The van der Waals surface area contributed by atoms with Crippen molar-refractivity contribution >= 4 is 34.9 Å². The molecule has 0 bridgehead atoms. The van der Waals surface area contributed by atoms with Gasteiger partial charge < -0.3 is 14.5 Å². The highest BCUT2D eigenvalue weighted by atomic mass is 32.1. The third-order valence-electron chi connectivity index (χ3n) is 5.95. The van der Waals surface area contributed by atoms with E-state index in [0.717, 1.165) is 16.0 Å². The van der Waals surface area contributed by atoms with E-state index in [-0.39, 0.29) is 24.0 Å². The van der Waals surface area contributed by atoms with E-state index < -0.39 is 4.92 Å². The van der Waals surface area contributed by atoms with Crippen LogP contribution in [0, 0.1) is 17.0 Å². The number of aryl methyl sites for hydroxylation is 1. The molecule has 3 aromatic rings. The number of hydrogen-bond donors (Lipinski definition) is 0. The molecular formula is C29H33N3O5S. The molecule has 0 N–H and O–H groups in total. The lowest BCUT2D eigenvalue weighted by molar-refractivity contribution is -0.384. The van der Waals surface area contributed by atoms with Crippen molar-refractivity contribution in [1.29, 1.82) is 0 Å². The Labute approximate surface area is 227 Å². The number of ether oxygens (including phenoxy) is 1. The molecule has 0 fully saturated rings. The number of non-ortho nitro benzene ring substituents is 1. The van der Waals surface area contributed by atoms with Gasteiger partial charge in [0, 0.05) is 49.4 Å². The van der Waals surface area contributed by atoms with Crippen molar-refractivity contribution in [3.8, 4) is 0 Å². The Kier molecular flexibility index (Phi) is 11.2. The predicted molar refractivity (Wildman–Crippen MR) is 150 cm³/mol. The number of nitro benzene ring substituents is 1. The zero-order valence-corrected chi connectivity index (χ0v) is 22.6. The van der Waals surface area contributed by atoms with Gasteiger partial charge in [0.25, 0.3) is 5.69 Å². The van der Waals surface area contributed by atoms with Crippen molar-refractivity contribution in [2.75, 3.05) is 26.3 Å². The summed E-state index contributed by atoms with van der Waals surface area (Å²) < 4.78 is 5.43. The zero-order valence-electron chi connectivity index (χ0n) is 21.7.